The monoisotopic (exact) mass is 195 g/mol. The number of aliphatic imine (C=N–C) groups is 1. The van der Waals surface area contributed by atoms with Crippen molar-refractivity contribution in [3.63, 3.8) is 0 Å². The van der Waals surface area contributed by atoms with Crippen molar-refractivity contribution in [2.75, 3.05) is 6.54 Å². The molecule has 0 bridgehead atoms. The van der Waals surface area contributed by atoms with E-state index in [1.165, 1.54) is 32.1 Å². The van der Waals surface area contributed by atoms with Gasteiger partial charge in [-0.25, -0.2) is 0 Å². The van der Waals surface area contributed by atoms with Crippen LogP contribution < -0.4 is 0 Å². The fraction of sp³-hybridized carbons (Fsp3) is 0.917. The maximum atomic E-state index is 10.5. The lowest BCUT2D eigenvalue weighted by molar-refractivity contribution is 0.0449. The molecule has 1 fully saturated rings. The number of rotatable bonds is 2. The quantitative estimate of drug-likeness (QED) is 0.721. The first-order valence-corrected chi connectivity index (χ1v) is 5.97. The van der Waals surface area contributed by atoms with Gasteiger partial charge in [0.1, 0.15) is 5.60 Å². The largest absolute Gasteiger partial charge is 0.384 e. The molecular weight excluding hydrogens is 174 g/mol. The molecule has 0 spiro atoms. The molecular formula is C12H21NO. The highest BCUT2D eigenvalue weighted by molar-refractivity contribution is 5.93. The molecule has 0 saturated heterocycles. The number of aliphatic hydroxyl groups is 1. The summed E-state index contributed by atoms with van der Waals surface area (Å²) in [6.07, 6.45) is 8.45. The number of hydrogen-bond acceptors (Lipinski definition) is 2. The van der Waals surface area contributed by atoms with E-state index in [4.69, 9.17) is 0 Å². The van der Waals surface area contributed by atoms with Crippen molar-refractivity contribution >= 4 is 5.71 Å². The van der Waals surface area contributed by atoms with E-state index in [-0.39, 0.29) is 0 Å². The van der Waals surface area contributed by atoms with E-state index in [2.05, 4.69) is 4.99 Å². The lowest BCUT2D eigenvalue weighted by atomic mass is 9.75. The summed E-state index contributed by atoms with van der Waals surface area (Å²) in [5.74, 6) is 0.466. The van der Waals surface area contributed by atoms with E-state index in [1.54, 1.807) is 0 Å². The molecule has 14 heavy (non-hydrogen) atoms. The van der Waals surface area contributed by atoms with Crippen molar-refractivity contribution in [3.8, 4) is 0 Å². The zero-order valence-corrected chi connectivity index (χ0v) is 9.13. The Morgan fingerprint density at radius 2 is 1.93 bits per heavy atom. The van der Waals surface area contributed by atoms with Crippen molar-refractivity contribution in [1.82, 2.24) is 0 Å². The highest BCUT2D eigenvalue weighted by Gasteiger charge is 2.37. The Morgan fingerprint density at radius 3 is 2.50 bits per heavy atom. The van der Waals surface area contributed by atoms with Crippen LogP contribution in [0.5, 0.6) is 0 Å². The van der Waals surface area contributed by atoms with Gasteiger partial charge in [-0.2, -0.15) is 0 Å². The van der Waals surface area contributed by atoms with Gasteiger partial charge in [0.15, 0.2) is 0 Å². The predicted octanol–water partition coefficient (Wildman–Crippen LogP) is 2.55. The van der Waals surface area contributed by atoms with Gasteiger partial charge in [0.25, 0.3) is 0 Å². The van der Waals surface area contributed by atoms with Crippen molar-refractivity contribution in [3.05, 3.63) is 0 Å². The molecule has 1 aliphatic heterocycles. The van der Waals surface area contributed by atoms with Gasteiger partial charge in [0.2, 0.25) is 0 Å². The van der Waals surface area contributed by atoms with Crippen molar-refractivity contribution in [2.45, 2.75) is 57.5 Å². The summed E-state index contributed by atoms with van der Waals surface area (Å²) in [7, 11) is 0. The maximum Gasteiger partial charge on any atom is 0.102 e. The summed E-state index contributed by atoms with van der Waals surface area (Å²) in [5.41, 5.74) is 0.473. The molecule has 2 heteroatoms. The van der Waals surface area contributed by atoms with Crippen molar-refractivity contribution < 1.29 is 5.11 Å². The SMILES string of the molecule is CC(O)(C1=NCCC1)C1CCCCC1. The molecule has 1 saturated carbocycles. The number of nitrogens with zero attached hydrogens (tertiary/aromatic N) is 1. The molecule has 1 unspecified atom stereocenters. The fourth-order valence-corrected chi connectivity index (χ4v) is 2.85. The molecule has 2 rings (SSSR count). The van der Waals surface area contributed by atoms with Crippen LogP contribution >= 0.6 is 0 Å². The molecule has 0 aromatic rings. The fourth-order valence-electron chi connectivity index (χ4n) is 2.85. The van der Waals surface area contributed by atoms with Gasteiger partial charge in [0.05, 0.1) is 0 Å². The molecule has 0 aromatic carbocycles. The maximum absolute atomic E-state index is 10.5. The van der Waals surface area contributed by atoms with Crippen LogP contribution in [0.4, 0.5) is 0 Å². The smallest absolute Gasteiger partial charge is 0.102 e. The van der Waals surface area contributed by atoms with E-state index < -0.39 is 5.60 Å². The van der Waals surface area contributed by atoms with Gasteiger partial charge in [-0.1, -0.05) is 19.3 Å². The van der Waals surface area contributed by atoms with Gasteiger partial charge in [0, 0.05) is 12.3 Å². The van der Waals surface area contributed by atoms with E-state index >= 15 is 0 Å². The topological polar surface area (TPSA) is 32.6 Å². The van der Waals surface area contributed by atoms with Crippen LogP contribution in [0.15, 0.2) is 4.99 Å². The summed E-state index contributed by atoms with van der Waals surface area (Å²) in [4.78, 5) is 4.45. The minimum absolute atomic E-state index is 0.466. The van der Waals surface area contributed by atoms with Gasteiger partial charge in [-0.15, -0.1) is 0 Å². The van der Waals surface area contributed by atoms with E-state index in [9.17, 15) is 5.11 Å². The minimum Gasteiger partial charge on any atom is -0.384 e. The molecule has 0 radical (unpaired) electrons. The third-order valence-corrected chi connectivity index (χ3v) is 3.86. The second-order valence-corrected chi connectivity index (χ2v) is 4.91. The average molecular weight is 195 g/mol. The normalized spacial score (nSPS) is 28.6. The van der Waals surface area contributed by atoms with Gasteiger partial charge in [-0.3, -0.25) is 4.99 Å². The second-order valence-electron chi connectivity index (χ2n) is 4.91. The lowest BCUT2D eigenvalue weighted by Crippen LogP contribution is -2.43. The zero-order valence-electron chi connectivity index (χ0n) is 9.13. The van der Waals surface area contributed by atoms with Crippen LogP contribution in [0.3, 0.4) is 0 Å². The van der Waals surface area contributed by atoms with Gasteiger partial charge in [-0.05, 0) is 38.5 Å². The van der Waals surface area contributed by atoms with E-state index in [0.29, 0.717) is 5.92 Å². The Hall–Kier alpha value is -0.370. The van der Waals surface area contributed by atoms with Crippen LogP contribution in [0.1, 0.15) is 51.9 Å². The Labute approximate surface area is 86.4 Å². The minimum atomic E-state index is -0.600. The first kappa shape index (κ1) is 10.2. The van der Waals surface area contributed by atoms with Crippen LogP contribution in [0, 0.1) is 5.92 Å². The third-order valence-electron chi connectivity index (χ3n) is 3.86. The summed E-state index contributed by atoms with van der Waals surface area (Å²) < 4.78 is 0. The van der Waals surface area contributed by atoms with Crippen LogP contribution in [-0.4, -0.2) is 23.0 Å². The van der Waals surface area contributed by atoms with Gasteiger partial charge < -0.3 is 5.11 Å². The Morgan fingerprint density at radius 1 is 1.21 bits per heavy atom. The Kier molecular flexibility index (Phi) is 2.91. The summed E-state index contributed by atoms with van der Waals surface area (Å²) in [6, 6.07) is 0. The second kappa shape index (κ2) is 4.01. The van der Waals surface area contributed by atoms with Gasteiger partial charge >= 0.3 is 0 Å². The van der Waals surface area contributed by atoms with Crippen molar-refractivity contribution in [2.24, 2.45) is 10.9 Å². The zero-order chi connectivity index (χ0) is 10.0. The first-order chi connectivity index (χ1) is 6.71. The predicted molar refractivity (Wildman–Crippen MR) is 58.7 cm³/mol. The summed E-state index contributed by atoms with van der Waals surface area (Å²) >= 11 is 0. The summed E-state index contributed by atoms with van der Waals surface area (Å²) in [6.45, 7) is 2.91. The van der Waals surface area contributed by atoms with Crippen molar-refractivity contribution in [1.29, 1.82) is 0 Å². The number of hydrogen-bond donors (Lipinski definition) is 1. The highest BCUT2D eigenvalue weighted by Crippen LogP contribution is 2.35. The van der Waals surface area contributed by atoms with Crippen LogP contribution in [0.2, 0.25) is 0 Å². The molecule has 1 atom stereocenters. The molecule has 1 aliphatic carbocycles. The first-order valence-electron chi connectivity index (χ1n) is 5.97. The molecule has 0 amide bonds. The Bertz CT molecular complexity index is 226. The standard InChI is InChI=1S/C12H21NO/c1-12(14,11-8-5-9-13-11)10-6-3-2-4-7-10/h10,14H,2-9H2,1H3. The van der Waals surface area contributed by atoms with Crippen LogP contribution in [0.25, 0.3) is 0 Å². The summed E-state index contributed by atoms with van der Waals surface area (Å²) in [5, 5.41) is 10.5. The lowest BCUT2D eigenvalue weighted by Gasteiger charge is -2.35. The molecule has 2 nitrogen and oxygen atoms in total. The molecule has 0 aromatic heterocycles. The molecule has 1 N–H and O–H groups in total. The third kappa shape index (κ3) is 1.85. The molecule has 2 aliphatic rings. The highest BCUT2D eigenvalue weighted by atomic mass is 16.3. The Balaban J connectivity index is 2.05. The average Bonchev–Trinajstić information content (AvgIpc) is 2.72. The molecule has 80 valence electrons. The van der Waals surface area contributed by atoms with E-state index in [0.717, 1.165) is 25.1 Å². The molecule has 1 heterocycles. The van der Waals surface area contributed by atoms with Crippen LogP contribution in [-0.2, 0) is 0 Å². The van der Waals surface area contributed by atoms with E-state index in [1.807, 2.05) is 6.92 Å².